The zero-order chi connectivity index (χ0) is 20.4. The van der Waals surface area contributed by atoms with Crippen LogP contribution in [-0.2, 0) is 24.4 Å². The van der Waals surface area contributed by atoms with E-state index in [-0.39, 0.29) is 18.0 Å². The number of aromatic nitrogens is 4. The van der Waals surface area contributed by atoms with Crippen LogP contribution in [0.2, 0.25) is 0 Å². The molecule has 2 saturated carbocycles. The predicted molar refractivity (Wildman–Crippen MR) is 111 cm³/mol. The molecule has 3 N–H and O–H groups in total. The molecule has 154 valence electrons. The lowest BCUT2D eigenvalue weighted by Crippen LogP contribution is -2.53. The van der Waals surface area contributed by atoms with Crippen LogP contribution in [0.3, 0.4) is 0 Å². The van der Waals surface area contributed by atoms with Gasteiger partial charge in [-0.15, -0.1) is 0 Å². The minimum Gasteiger partial charge on any atom is -0.335 e. The zero-order valence-electron chi connectivity index (χ0n) is 16.7. The van der Waals surface area contributed by atoms with E-state index in [1.54, 1.807) is 0 Å². The second kappa shape index (κ2) is 6.50. The van der Waals surface area contributed by atoms with Crippen molar-refractivity contribution in [3.63, 3.8) is 0 Å². The lowest BCUT2D eigenvalue weighted by atomic mass is 9.53. The van der Waals surface area contributed by atoms with E-state index in [0.29, 0.717) is 36.0 Å². The quantitative estimate of drug-likeness (QED) is 0.690. The van der Waals surface area contributed by atoms with Crippen molar-refractivity contribution in [2.45, 2.75) is 38.9 Å². The Morgan fingerprint density at radius 3 is 2.87 bits per heavy atom. The van der Waals surface area contributed by atoms with E-state index in [9.17, 15) is 9.59 Å². The largest absolute Gasteiger partial charge is 0.335 e. The van der Waals surface area contributed by atoms with Crippen molar-refractivity contribution in [3.8, 4) is 11.1 Å². The highest BCUT2D eigenvalue weighted by molar-refractivity contribution is 5.88. The van der Waals surface area contributed by atoms with Gasteiger partial charge < -0.3 is 10.6 Å². The minimum atomic E-state index is -0.225. The predicted octanol–water partition coefficient (Wildman–Crippen LogP) is 1.63. The molecule has 3 heterocycles. The molecule has 1 aliphatic heterocycles. The van der Waals surface area contributed by atoms with Crippen LogP contribution in [-0.4, -0.2) is 37.3 Å². The summed E-state index contributed by atoms with van der Waals surface area (Å²) in [4.78, 5) is 27.2. The van der Waals surface area contributed by atoms with E-state index >= 15 is 0 Å². The Balaban J connectivity index is 1.34. The van der Waals surface area contributed by atoms with Gasteiger partial charge in [-0.25, -0.2) is 5.10 Å². The standard InChI is InChI=1S/C22H24N6O2/c23-9-19-16-7-13(2-4-15(16)21(29)26-25-19)18-10-24-28-6-5-27(11-20(18)28)22(30)17-8-12-1-3-14(12)17/h2,4,7,10,12,14,17H,1,3,5-6,8-9,11,23H2,(H,26,29). The number of nitrogens with one attached hydrogen (secondary N) is 1. The maximum absolute atomic E-state index is 13.1. The van der Waals surface area contributed by atoms with Crippen LogP contribution in [0.25, 0.3) is 21.9 Å². The van der Waals surface area contributed by atoms with Crippen LogP contribution in [0.5, 0.6) is 0 Å². The molecule has 2 aliphatic carbocycles. The molecule has 30 heavy (non-hydrogen) atoms. The molecule has 1 amide bonds. The van der Waals surface area contributed by atoms with Crippen molar-refractivity contribution >= 4 is 16.7 Å². The molecule has 6 rings (SSSR count). The van der Waals surface area contributed by atoms with Crippen molar-refractivity contribution in [2.75, 3.05) is 6.54 Å². The molecule has 1 aromatic carbocycles. The fourth-order valence-electron chi connectivity index (χ4n) is 5.46. The van der Waals surface area contributed by atoms with Gasteiger partial charge in [-0.1, -0.05) is 6.07 Å². The highest BCUT2D eigenvalue weighted by Crippen LogP contribution is 2.54. The third-order valence-corrected chi connectivity index (χ3v) is 7.42. The van der Waals surface area contributed by atoms with Gasteiger partial charge in [0.2, 0.25) is 5.91 Å². The van der Waals surface area contributed by atoms with Gasteiger partial charge in [-0.05, 0) is 48.8 Å². The normalized spacial score (nSPS) is 24.7. The summed E-state index contributed by atoms with van der Waals surface area (Å²) in [7, 11) is 0. The molecular weight excluding hydrogens is 380 g/mol. The van der Waals surface area contributed by atoms with Gasteiger partial charge in [0.1, 0.15) is 0 Å². The van der Waals surface area contributed by atoms with Crippen LogP contribution in [0, 0.1) is 17.8 Å². The van der Waals surface area contributed by atoms with E-state index in [1.165, 1.54) is 12.8 Å². The minimum absolute atomic E-state index is 0.225. The number of fused-ring (bicyclic) bond motifs is 3. The number of aromatic amines is 1. The number of rotatable bonds is 3. The Hall–Kier alpha value is -3.00. The van der Waals surface area contributed by atoms with E-state index in [0.717, 1.165) is 41.1 Å². The first-order valence-corrected chi connectivity index (χ1v) is 10.7. The summed E-state index contributed by atoms with van der Waals surface area (Å²) in [6.45, 7) is 2.26. The fourth-order valence-corrected chi connectivity index (χ4v) is 5.46. The molecule has 0 radical (unpaired) electrons. The SMILES string of the molecule is NCc1n[nH]c(=O)c2ccc(-c3cnn4c3CN(C(=O)C3CC5CCC53)CC4)cc12. The van der Waals surface area contributed by atoms with Gasteiger partial charge >= 0.3 is 0 Å². The van der Waals surface area contributed by atoms with Crippen molar-refractivity contribution < 1.29 is 4.79 Å². The summed E-state index contributed by atoms with van der Waals surface area (Å²) in [5.41, 5.74) is 9.26. The maximum Gasteiger partial charge on any atom is 0.272 e. The number of nitrogens with two attached hydrogens (primary N) is 1. The molecule has 0 saturated heterocycles. The molecule has 8 nitrogen and oxygen atoms in total. The fraction of sp³-hybridized carbons (Fsp3) is 0.455. The summed E-state index contributed by atoms with van der Waals surface area (Å²) in [5.74, 6) is 1.97. The Kier molecular flexibility index (Phi) is 3.86. The number of hydrogen-bond acceptors (Lipinski definition) is 5. The van der Waals surface area contributed by atoms with Crippen LogP contribution in [0.4, 0.5) is 0 Å². The molecule has 0 bridgehead atoms. The highest BCUT2D eigenvalue weighted by atomic mass is 16.2. The van der Waals surface area contributed by atoms with E-state index in [2.05, 4.69) is 15.3 Å². The number of benzene rings is 1. The maximum atomic E-state index is 13.1. The lowest BCUT2D eigenvalue weighted by Gasteiger charge is -2.53. The molecule has 3 unspecified atom stereocenters. The molecule has 3 atom stereocenters. The van der Waals surface area contributed by atoms with Crippen LogP contribution < -0.4 is 11.3 Å². The van der Waals surface area contributed by atoms with E-state index in [1.807, 2.05) is 34.0 Å². The lowest BCUT2D eigenvalue weighted by molar-refractivity contribution is -0.152. The molecule has 2 aromatic heterocycles. The van der Waals surface area contributed by atoms with E-state index in [4.69, 9.17) is 5.73 Å². The first kappa shape index (κ1) is 17.8. The molecule has 2 fully saturated rings. The number of amides is 1. The summed E-state index contributed by atoms with van der Waals surface area (Å²) >= 11 is 0. The smallest absolute Gasteiger partial charge is 0.272 e. The summed E-state index contributed by atoms with van der Waals surface area (Å²) in [5, 5.41) is 12.5. The summed E-state index contributed by atoms with van der Waals surface area (Å²) in [6, 6.07) is 5.70. The Bertz CT molecular complexity index is 1230. The Morgan fingerprint density at radius 1 is 1.23 bits per heavy atom. The second-order valence-corrected chi connectivity index (χ2v) is 8.80. The highest BCUT2D eigenvalue weighted by Gasteiger charge is 2.51. The first-order valence-electron chi connectivity index (χ1n) is 10.7. The molecule has 8 heteroatoms. The van der Waals surface area contributed by atoms with Gasteiger partial charge in [0, 0.05) is 30.0 Å². The average Bonchev–Trinajstić information content (AvgIpc) is 3.18. The zero-order valence-corrected chi connectivity index (χ0v) is 16.7. The molecular formula is C22H24N6O2. The summed E-state index contributed by atoms with van der Waals surface area (Å²) < 4.78 is 2.00. The molecule has 3 aromatic rings. The first-order chi connectivity index (χ1) is 14.6. The molecule has 3 aliphatic rings. The van der Waals surface area contributed by atoms with Crippen molar-refractivity contribution in [3.05, 3.63) is 46.1 Å². The van der Waals surface area contributed by atoms with Gasteiger partial charge in [0.05, 0.1) is 36.1 Å². The van der Waals surface area contributed by atoms with Gasteiger partial charge in [-0.2, -0.15) is 10.2 Å². The van der Waals surface area contributed by atoms with Crippen molar-refractivity contribution in [2.24, 2.45) is 23.5 Å². The third-order valence-electron chi connectivity index (χ3n) is 7.42. The Labute approximate surface area is 173 Å². The number of carbonyl (C=O) groups excluding carboxylic acids is 1. The second-order valence-electron chi connectivity index (χ2n) is 8.80. The van der Waals surface area contributed by atoms with Crippen LogP contribution in [0.1, 0.15) is 30.7 Å². The van der Waals surface area contributed by atoms with Crippen molar-refractivity contribution in [1.29, 1.82) is 0 Å². The van der Waals surface area contributed by atoms with Gasteiger partial charge in [0.15, 0.2) is 0 Å². The topological polar surface area (TPSA) is 110 Å². The number of H-pyrrole nitrogens is 1. The number of carbonyl (C=O) groups is 1. The monoisotopic (exact) mass is 404 g/mol. The average molecular weight is 404 g/mol. The molecule has 0 spiro atoms. The van der Waals surface area contributed by atoms with Gasteiger partial charge in [0.25, 0.3) is 5.56 Å². The Morgan fingerprint density at radius 2 is 2.13 bits per heavy atom. The van der Waals surface area contributed by atoms with Crippen LogP contribution >= 0.6 is 0 Å². The number of hydrogen-bond donors (Lipinski definition) is 2. The number of nitrogens with zero attached hydrogens (tertiary/aromatic N) is 4. The van der Waals surface area contributed by atoms with Gasteiger partial charge in [-0.3, -0.25) is 14.3 Å². The van der Waals surface area contributed by atoms with Crippen LogP contribution in [0.15, 0.2) is 29.2 Å². The van der Waals surface area contributed by atoms with Crippen molar-refractivity contribution in [1.82, 2.24) is 24.9 Å². The summed E-state index contributed by atoms with van der Waals surface area (Å²) in [6.07, 6.45) is 5.44. The van der Waals surface area contributed by atoms with E-state index < -0.39 is 0 Å². The third kappa shape index (κ3) is 2.49.